The predicted octanol–water partition coefficient (Wildman–Crippen LogP) is 2.38. The predicted molar refractivity (Wildman–Crippen MR) is 52.5 cm³/mol. The van der Waals surface area contributed by atoms with E-state index in [0.29, 0.717) is 0 Å². The van der Waals surface area contributed by atoms with Gasteiger partial charge in [-0.2, -0.15) is 0 Å². The van der Waals surface area contributed by atoms with E-state index in [9.17, 15) is 4.79 Å². The number of carbonyl (C=O) groups excluding carboxylic acids is 1. The largest absolute Gasteiger partial charge is 0.496 e. The number of carbonyl (C=O) groups is 1. The van der Waals surface area contributed by atoms with Crippen LogP contribution in [0.5, 0.6) is 5.75 Å². The highest BCUT2D eigenvalue weighted by Crippen LogP contribution is 2.23. The van der Waals surface area contributed by atoms with Crippen molar-refractivity contribution < 1.29 is 9.53 Å². The molecule has 2 nitrogen and oxygen atoms in total. The zero-order valence-electron chi connectivity index (χ0n) is 8.26. The van der Waals surface area contributed by atoms with Crippen LogP contribution in [0.4, 0.5) is 0 Å². The van der Waals surface area contributed by atoms with E-state index in [1.165, 1.54) is 0 Å². The van der Waals surface area contributed by atoms with Gasteiger partial charge in [0.05, 0.1) is 7.11 Å². The SMILES string of the molecule is CCc1ccc(OC)c(C)c1C=O. The molecule has 2 heteroatoms. The van der Waals surface area contributed by atoms with E-state index < -0.39 is 0 Å². The third kappa shape index (κ3) is 1.72. The molecular weight excluding hydrogens is 164 g/mol. The van der Waals surface area contributed by atoms with Gasteiger partial charge >= 0.3 is 0 Å². The maximum Gasteiger partial charge on any atom is 0.150 e. The summed E-state index contributed by atoms with van der Waals surface area (Å²) in [5.74, 6) is 0.777. The molecule has 0 fully saturated rings. The normalized spacial score (nSPS) is 9.77. The number of ether oxygens (including phenoxy) is 1. The van der Waals surface area contributed by atoms with Crippen LogP contribution in [-0.2, 0) is 6.42 Å². The molecule has 0 spiro atoms. The van der Waals surface area contributed by atoms with Gasteiger partial charge in [-0.1, -0.05) is 13.0 Å². The standard InChI is InChI=1S/C11H14O2/c1-4-9-5-6-11(13-3)8(2)10(9)7-12/h5-7H,4H2,1-3H3. The number of hydrogen-bond donors (Lipinski definition) is 0. The molecule has 0 radical (unpaired) electrons. The first-order valence-electron chi connectivity index (χ1n) is 4.36. The van der Waals surface area contributed by atoms with Crippen LogP contribution < -0.4 is 4.74 Å². The average molecular weight is 178 g/mol. The summed E-state index contributed by atoms with van der Waals surface area (Å²) in [7, 11) is 1.61. The quantitative estimate of drug-likeness (QED) is 0.664. The molecule has 13 heavy (non-hydrogen) atoms. The molecule has 0 aromatic heterocycles. The topological polar surface area (TPSA) is 26.3 Å². The second kappa shape index (κ2) is 4.08. The van der Waals surface area contributed by atoms with Crippen molar-refractivity contribution in [2.75, 3.05) is 7.11 Å². The maximum atomic E-state index is 10.8. The van der Waals surface area contributed by atoms with Crippen LogP contribution in [0.3, 0.4) is 0 Å². The van der Waals surface area contributed by atoms with E-state index in [2.05, 4.69) is 0 Å². The second-order valence-electron chi connectivity index (χ2n) is 2.94. The lowest BCUT2D eigenvalue weighted by molar-refractivity contribution is 0.112. The first-order valence-corrected chi connectivity index (χ1v) is 4.36. The Morgan fingerprint density at radius 1 is 1.46 bits per heavy atom. The summed E-state index contributed by atoms with van der Waals surface area (Å²) in [6.07, 6.45) is 1.77. The molecule has 0 saturated heterocycles. The summed E-state index contributed by atoms with van der Waals surface area (Å²) < 4.78 is 5.13. The Bertz CT molecular complexity index is 316. The zero-order chi connectivity index (χ0) is 9.84. The summed E-state index contributed by atoms with van der Waals surface area (Å²) in [5.41, 5.74) is 2.77. The van der Waals surface area contributed by atoms with Gasteiger partial charge in [-0.25, -0.2) is 0 Å². The molecule has 0 bridgehead atoms. The van der Waals surface area contributed by atoms with Gasteiger partial charge in [0.2, 0.25) is 0 Å². The van der Waals surface area contributed by atoms with Gasteiger partial charge in [-0.3, -0.25) is 4.79 Å². The fraction of sp³-hybridized carbons (Fsp3) is 0.364. The van der Waals surface area contributed by atoms with Gasteiger partial charge in [0.15, 0.2) is 6.29 Å². The van der Waals surface area contributed by atoms with Gasteiger partial charge in [0, 0.05) is 11.1 Å². The lowest BCUT2D eigenvalue weighted by atomic mass is 10.0. The monoisotopic (exact) mass is 178 g/mol. The molecule has 0 aliphatic carbocycles. The highest BCUT2D eigenvalue weighted by Gasteiger charge is 2.07. The Morgan fingerprint density at radius 3 is 2.62 bits per heavy atom. The van der Waals surface area contributed by atoms with Crippen LogP contribution in [0.2, 0.25) is 0 Å². The number of methoxy groups -OCH3 is 1. The van der Waals surface area contributed by atoms with Gasteiger partial charge in [0.25, 0.3) is 0 Å². The highest BCUT2D eigenvalue weighted by atomic mass is 16.5. The van der Waals surface area contributed by atoms with Crippen LogP contribution in [0, 0.1) is 6.92 Å². The smallest absolute Gasteiger partial charge is 0.150 e. The Kier molecular flexibility index (Phi) is 3.07. The summed E-state index contributed by atoms with van der Waals surface area (Å²) in [5, 5.41) is 0. The van der Waals surface area contributed by atoms with Crippen molar-refractivity contribution in [3.63, 3.8) is 0 Å². The molecule has 0 saturated carbocycles. The number of benzene rings is 1. The highest BCUT2D eigenvalue weighted by molar-refractivity contribution is 5.81. The van der Waals surface area contributed by atoms with Crippen molar-refractivity contribution in [1.82, 2.24) is 0 Å². The first kappa shape index (κ1) is 9.78. The van der Waals surface area contributed by atoms with E-state index in [1.807, 2.05) is 26.0 Å². The first-order chi connectivity index (χ1) is 6.24. The molecule has 70 valence electrons. The maximum absolute atomic E-state index is 10.8. The Labute approximate surface area is 78.5 Å². The van der Waals surface area contributed by atoms with Crippen LogP contribution in [-0.4, -0.2) is 13.4 Å². The zero-order valence-corrected chi connectivity index (χ0v) is 8.26. The minimum Gasteiger partial charge on any atom is -0.496 e. The third-order valence-electron chi connectivity index (χ3n) is 2.27. The van der Waals surface area contributed by atoms with Crippen molar-refractivity contribution in [2.24, 2.45) is 0 Å². The van der Waals surface area contributed by atoms with Gasteiger partial charge in [-0.15, -0.1) is 0 Å². The number of rotatable bonds is 3. The molecule has 0 aliphatic heterocycles. The molecule has 1 aromatic carbocycles. The number of aldehydes is 1. The van der Waals surface area contributed by atoms with Crippen molar-refractivity contribution in [3.8, 4) is 5.75 Å². The lowest BCUT2D eigenvalue weighted by Gasteiger charge is -2.09. The van der Waals surface area contributed by atoms with Gasteiger partial charge in [-0.05, 0) is 25.0 Å². The van der Waals surface area contributed by atoms with E-state index >= 15 is 0 Å². The Hall–Kier alpha value is -1.31. The Morgan fingerprint density at radius 2 is 2.15 bits per heavy atom. The molecule has 0 atom stereocenters. The Balaban J connectivity index is 3.31. The van der Waals surface area contributed by atoms with Crippen molar-refractivity contribution in [1.29, 1.82) is 0 Å². The van der Waals surface area contributed by atoms with Crippen LogP contribution in [0.25, 0.3) is 0 Å². The third-order valence-corrected chi connectivity index (χ3v) is 2.27. The molecule has 1 aromatic rings. The molecule has 0 aliphatic rings. The summed E-state index contributed by atoms with van der Waals surface area (Å²) in [6, 6.07) is 3.84. The molecular formula is C11H14O2. The van der Waals surface area contributed by atoms with Crippen molar-refractivity contribution >= 4 is 6.29 Å². The molecule has 0 amide bonds. The van der Waals surface area contributed by atoms with Crippen LogP contribution in [0.1, 0.15) is 28.4 Å². The molecule has 0 N–H and O–H groups in total. The molecule has 0 unspecified atom stereocenters. The lowest BCUT2D eigenvalue weighted by Crippen LogP contribution is -1.97. The summed E-state index contributed by atoms with van der Waals surface area (Å²) in [6.45, 7) is 3.94. The van der Waals surface area contributed by atoms with Crippen molar-refractivity contribution in [2.45, 2.75) is 20.3 Å². The number of hydrogen-bond acceptors (Lipinski definition) is 2. The van der Waals surface area contributed by atoms with Crippen LogP contribution >= 0.6 is 0 Å². The summed E-state index contributed by atoms with van der Waals surface area (Å²) in [4.78, 5) is 10.8. The van der Waals surface area contributed by atoms with Crippen LogP contribution in [0.15, 0.2) is 12.1 Å². The second-order valence-corrected chi connectivity index (χ2v) is 2.94. The minimum atomic E-state index is 0.766. The average Bonchev–Trinajstić information content (AvgIpc) is 2.17. The van der Waals surface area contributed by atoms with E-state index in [0.717, 1.165) is 35.1 Å². The van der Waals surface area contributed by atoms with Gasteiger partial charge in [0.1, 0.15) is 5.75 Å². The number of aryl methyl sites for hydroxylation is 1. The van der Waals surface area contributed by atoms with E-state index in [1.54, 1.807) is 7.11 Å². The van der Waals surface area contributed by atoms with Crippen molar-refractivity contribution in [3.05, 3.63) is 28.8 Å². The molecule has 0 heterocycles. The summed E-state index contributed by atoms with van der Waals surface area (Å²) >= 11 is 0. The van der Waals surface area contributed by atoms with E-state index in [4.69, 9.17) is 4.74 Å². The minimum absolute atomic E-state index is 0.766. The fourth-order valence-corrected chi connectivity index (χ4v) is 1.46. The van der Waals surface area contributed by atoms with Gasteiger partial charge < -0.3 is 4.74 Å². The molecule has 1 rings (SSSR count). The fourth-order valence-electron chi connectivity index (χ4n) is 1.46. The van der Waals surface area contributed by atoms with E-state index in [-0.39, 0.29) is 0 Å².